The van der Waals surface area contributed by atoms with Crippen LogP contribution in [0.2, 0.25) is 0 Å². The lowest BCUT2D eigenvalue weighted by Crippen LogP contribution is -2.11. The van der Waals surface area contributed by atoms with E-state index < -0.39 is 0 Å². The third-order valence-corrected chi connectivity index (χ3v) is 2.60. The van der Waals surface area contributed by atoms with Crippen molar-refractivity contribution in [3.05, 3.63) is 0 Å². The zero-order valence-corrected chi connectivity index (χ0v) is 8.75. The second kappa shape index (κ2) is 5.78. The van der Waals surface area contributed by atoms with E-state index in [1.807, 2.05) is 6.92 Å². The van der Waals surface area contributed by atoms with E-state index in [0.29, 0.717) is 31.7 Å². The number of hydrogen-bond donors (Lipinski definition) is 0. The van der Waals surface area contributed by atoms with E-state index in [1.54, 1.807) is 0 Å². The molecule has 0 saturated heterocycles. The molecule has 1 rings (SSSR count). The molecule has 0 bridgehead atoms. The standard InChI is InChI=1S/C11H18O3/c1-2-8-14-11(13)7-6-9-4-3-5-10(9)12/h9H,2-8H2,1H3. The Bertz CT molecular complexity index is 211. The van der Waals surface area contributed by atoms with Crippen LogP contribution < -0.4 is 0 Å². The minimum absolute atomic E-state index is 0.129. The molecule has 0 aromatic heterocycles. The zero-order chi connectivity index (χ0) is 10.4. The van der Waals surface area contributed by atoms with Crippen LogP contribution in [0.25, 0.3) is 0 Å². The first kappa shape index (κ1) is 11.2. The molecule has 0 heterocycles. The number of carbonyl (C=O) groups is 2. The molecular formula is C11H18O3. The first-order valence-electron chi connectivity index (χ1n) is 5.42. The maximum Gasteiger partial charge on any atom is 0.305 e. The number of ether oxygens (including phenoxy) is 1. The highest BCUT2D eigenvalue weighted by Crippen LogP contribution is 2.25. The number of ketones is 1. The van der Waals surface area contributed by atoms with Gasteiger partial charge in [-0.2, -0.15) is 0 Å². The highest BCUT2D eigenvalue weighted by molar-refractivity contribution is 5.83. The van der Waals surface area contributed by atoms with Crippen LogP contribution in [0, 0.1) is 5.92 Å². The molecule has 0 amide bonds. The third-order valence-electron chi connectivity index (χ3n) is 2.60. The first-order valence-corrected chi connectivity index (χ1v) is 5.42. The number of carbonyl (C=O) groups excluding carboxylic acids is 2. The van der Waals surface area contributed by atoms with E-state index in [1.165, 1.54) is 0 Å². The van der Waals surface area contributed by atoms with Crippen LogP contribution in [0.15, 0.2) is 0 Å². The molecule has 0 radical (unpaired) electrons. The molecule has 0 aromatic carbocycles. The predicted octanol–water partition coefficient (Wildman–Crippen LogP) is 2.09. The van der Waals surface area contributed by atoms with Crippen LogP contribution in [0.1, 0.15) is 45.4 Å². The molecule has 1 saturated carbocycles. The van der Waals surface area contributed by atoms with E-state index in [4.69, 9.17) is 4.74 Å². The van der Waals surface area contributed by atoms with Crippen LogP contribution in [0.5, 0.6) is 0 Å². The summed E-state index contributed by atoms with van der Waals surface area (Å²) in [5, 5.41) is 0. The third kappa shape index (κ3) is 3.48. The maximum absolute atomic E-state index is 11.2. The Balaban J connectivity index is 2.13. The van der Waals surface area contributed by atoms with Crippen molar-refractivity contribution in [2.75, 3.05) is 6.61 Å². The number of hydrogen-bond acceptors (Lipinski definition) is 3. The highest BCUT2D eigenvalue weighted by Gasteiger charge is 2.24. The topological polar surface area (TPSA) is 43.4 Å². The summed E-state index contributed by atoms with van der Waals surface area (Å²) >= 11 is 0. The van der Waals surface area contributed by atoms with Gasteiger partial charge in [0.1, 0.15) is 5.78 Å². The van der Waals surface area contributed by atoms with Gasteiger partial charge in [0.05, 0.1) is 6.61 Å². The average Bonchev–Trinajstić information content (AvgIpc) is 2.58. The summed E-state index contributed by atoms with van der Waals surface area (Å²) in [6.45, 7) is 2.46. The molecule has 14 heavy (non-hydrogen) atoms. The molecule has 0 aliphatic heterocycles. The van der Waals surface area contributed by atoms with Gasteiger partial charge < -0.3 is 4.74 Å². The number of Topliss-reactive ketones (excluding diaryl/α,β-unsaturated/α-hetero) is 1. The molecular weight excluding hydrogens is 180 g/mol. The van der Waals surface area contributed by atoms with Crippen LogP contribution in [-0.4, -0.2) is 18.4 Å². The Kier molecular flexibility index (Phi) is 4.63. The molecule has 3 nitrogen and oxygen atoms in total. The summed E-state index contributed by atoms with van der Waals surface area (Å²) in [7, 11) is 0. The van der Waals surface area contributed by atoms with Gasteiger partial charge in [0.25, 0.3) is 0 Å². The van der Waals surface area contributed by atoms with Gasteiger partial charge in [0.2, 0.25) is 0 Å². The fourth-order valence-corrected chi connectivity index (χ4v) is 1.77. The van der Waals surface area contributed by atoms with Crippen molar-refractivity contribution < 1.29 is 14.3 Å². The van der Waals surface area contributed by atoms with Gasteiger partial charge in [-0.15, -0.1) is 0 Å². The minimum atomic E-state index is -0.161. The van der Waals surface area contributed by atoms with E-state index >= 15 is 0 Å². The van der Waals surface area contributed by atoms with Crippen molar-refractivity contribution in [2.24, 2.45) is 5.92 Å². The Labute approximate surface area is 84.8 Å². The summed E-state index contributed by atoms with van der Waals surface area (Å²) in [6, 6.07) is 0. The molecule has 1 aliphatic rings. The van der Waals surface area contributed by atoms with Crippen molar-refractivity contribution >= 4 is 11.8 Å². The quantitative estimate of drug-likeness (QED) is 0.635. The molecule has 0 N–H and O–H groups in total. The fraction of sp³-hybridized carbons (Fsp3) is 0.818. The molecule has 1 fully saturated rings. The van der Waals surface area contributed by atoms with E-state index in [2.05, 4.69) is 0 Å². The highest BCUT2D eigenvalue weighted by atomic mass is 16.5. The minimum Gasteiger partial charge on any atom is -0.466 e. The van der Waals surface area contributed by atoms with Crippen LogP contribution in [0.3, 0.4) is 0 Å². The Morgan fingerprint density at radius 2 is 2.36 bits per heavy atom. The van der Waals surface area contributed by atoms with Gasteiger partial charge >= 0.3 is 5.97 Å². The lowest BCUT2D eigenvalue weighted by molar-refractivity contribution is -0.144. The summed E-state index contributed by atoms with van der Waals surface area (Å²) in [5.74, 6) is 0.295. The molecule has 0 aromatic rings. The Morgan fingerprint density at radius 1 is 1.57 bits per heavy atom. The molecule has 0 spiro atoms. The number of rotatable bonds is 5. The molecule has 1 atom stereocenters. The van der Waals surface area contributed by atoms with E-state index in [-0.39, 0.29) is 11.9 Å². The zero-order valence-electron chi connectivity index (χ0n) is 8.75. The van der Waals surface area contributed by atoms with Crippen LogP contribution in [-0.2, 0) is 14.3 Å². The molecule has 80 valence electrons. The largest absolute Gasteiger partial charge is 0.466 e. The van der Waals surface area contributed by atoms with Crippen molar-refractivity contribution in [3.8, 4) is 0 Å². The molecule has 1 unspecified atom stereocenters. The second-order valence-corrected chi connectivity index (χ2v) is 3.81. The van der Waals surface area contributed by atoms with Crippen molar-refractivity contribution in [1.29, 1.82) is 0 Å². The molecule has 1 aliphatic carbocycles. The molecule has 3 heteroatoms. The van der Waals surface area contributed by atoms with Crippen molar-refractivity contribution in [1.82, 2.24) is 0 Å². The summed E-state index contributed by atoms with van der Waals surface area (Å²) in [5.41, 5.74) is 0. The van der Waals surface area contributed by atoms with Crippen molar-refractivity contribution in [2.45, 2.75) is 45.4 Å². The first-order chi connectivity index (χ1) is 6.74. The summed E-state index contributed by atoms with van der Waals surface area (Å²) in [6.07, 6.45) is 4.59. The van der Waals surface area contributed by atoms with Gasteiger partial charge in [-0.1, -0.05) is 6.92 Å². The van der Waals surface area contributed by atoms with Gasteiger partial charge in [-0.05, 0) is 25.7 Å². The van der Waals surface area contributed by atoms with Crippen LogP contribution in [0.4, 0.5) is 0 Å². The van der Waals surface area contributed by atoms with E-state index in [0.717, 1.165) is 19.3 Å². The predicted molar refractivity (Wildman–Crippen MR) is 52.8 cm³/mol. The average molecular weight is 198 g/mol. The monoisotopic (exact) mass is 198 g/mol. The second-order valence-electron chi connectivity index (χ2n) is 3.81. The Morgan fingerprint density at radius 3 is 2.93 bits per heavy atom. The normalized spacial score (nSPS) is 21.2. The summed E-state index contributed by atoms with van der Waals surface area (Å²) in [4.78, 5) is 22.4. The van der Waals surface area contributed by atoms with Gasteiger partial charge in [0.15, 0.2) is 0 Å². The summed E-state index contributed by atoms with van der Waals surface area (Å²) < 4.78 is 4.94. The fourth-order valence-electron chi connectivity index (χ4n) is 1.77. The number of esters is 1. The van der Waals surface area contributed by atoms with E-state index in [9.17, 15) is 9.59 Å². The lowest BCUT2D eigenvalue weighted by Gasteiger charge is -2.06. The van der Waals surface area contributed by atoms with Gasteiger partial charge in [-0.25, -0.2) is 0 Å². The van der Waals surface area contributed by atoms with Crippen molar-refractivity contribution in [3.63, 3.8) is 0 Å². The van der Waals surface area contributed by atoms with Gasteiger partial charge in [0, 0.05) is 18.8 Å². The Hall–Kier alpha value is -0.860. The lowest BCUT2D eigenvalue weighted by atomic mass is 10.0. The SMILES string of the molecule is CCCOC(=O)CCC1CCCC1=O. The smallest absolute Gasteiger partial charge is 0.305 e. The van der Waals surface area contributed by atoms with Crippen LogP contribution >= 0.6 is 0 Å². The maximum atomic E-state index is 11.2. The van der Waals surface area contributed by atoms with Gasteiger partial charge in [-0.3, -0.25) is 9.59 Å².